The number of aromatic nitrogens is 3. The predicted molar refractivity (Wildman–Crippen MR) is 125 cm³/mol. The average Bonchev–Trinajstić information content (AvgIpc) is 3.54. The van der Waals surface area contributed by atoms with Crippen LogP contribution in [0.1, 0.15) is 29.2 Å². The SMILES string of the molecule is Cc1cccc(-n2c(SC(C(=O)NC3CC3)c3ccccc3)nnc2N2CCOCC2)c1. The Balaban J connectivity index is 1.53. The molecule has 1 saturated heterocycles. The first-order valence-electron chi connectivity index (χ1n) is 11.1. The minimum atomic E-state index is -0.401. The summed E-state index contributed by atoms with van der Waals surface area (Å²) in [6.45, 7) is 4.93. The van der Waals surface area contributed by atoms with E-state index >= 15 is 0 Å². The summed E-state index contributed by atoms with van der Waals surface area (Å²) >= 11 is 1.45. The molecule has 1 atom stereocenters. The van der Waals surface area contributed by atoms with Crippen molar-refractivity contribution in [1.82, 2.24) is 20.1 Å². The summed E-state index contributed by atoms with van der Waals surface area (Å²) in [6, 6.07) is 18.5. The Hall–Kier alpha value is -2.84. The summed E-state index contributed by atoms with van der Waals surface area (Å²) in [7, 11) is 0. The van der Waals surface area contributed by atoms with Crippen molar-refractivity contribution in [2.24, 2.45) is 0 Å². The van der Waals surface area contributed by atoms with Crippen LogP contribution in [0, 0.1) is 6.92 Å². The van der Waals surface area contributed by atoms with Gasteiger partial charge < -0.3 is 15.0 Å². The van der Waals surface area contributed by atoms with Crippen LogP contribution < -0.4 is 10.2 Å². The Kier molecular flexibility index (Phi) is 6.14. The van der Waals surface area contributed by atoms with Crippen molar-refractivity contribution in [3.8, 4) is 5.69 Å². The lowest BCUT2D eigenvalue weighted by atomic mass is 10.1. The number of carbonyl (C=O) groups is 1. The number of rotatable bonds is 7. The van der Waals surface area contributed by atoms with E-state index in [1.807, 2.05) is 36.4 Å². The van der Waals surface area contributed by atoms with E-state index in [-0.39, 0.29) is 5.91 Å². The highest BCUT2D eigenvalue weighted by Gasteiger charge is 2.31. The molecule has 1 N–H and O–H groups in total. The van der Waals surface area contributed by atoms with Crippen LogP contribution in [0.15, 0.2) is 59.8 Å². The largest absolute Gasteiger partial charge is 0.378 e. The van der Waals surface area contributed by atoms with Crippen molar-refractivity contribution >= 4 is 23.6 Å². The summed E-state index contributed by atoms with van der Waals surface area (Å²) in [5, 5.41) is 12.6. The molecule has 2 heterocycles. The van der Waals surface area contributed by atoms with Crippen molar-refractivity contribution in [3.05, 3.63) is 65.7 Å². The highest BCUT2D eigenvalue weighted by atomic mass is 32.2. The number of thioether (sulfide) groups is 1. The number of hydrogen-bond acceptors (Lipinski definition) is 6. The van der Waals surface area contributed by atoms with E-state index in [0.29, 0.717) is 24.4 Å². The van der Waals surface area contributed by atoms with Gasteiger partial charge in [0, 0.05) is 19.1 Å². The molecular formula is C24H27N5O2S. The number of hydrogen-bond donors (Lipinski definition) is 1. The van der Waals surface area contributed by atoms with Crippen molar-refractivity contribution in [1.29, 1.82) is 0 Å². The van der Waals surface area contributed by atoms with E-state index < -0.39 is 5.25 Å². The monoisotopic (exact) mass is 449 g/mol. The molecule has 0 radical (unpaired) electrons. The minimum absolute atomic E-state index is 0.0235. The molecule has 2 fully saturated rings. The quantitative estimate of drug-likeness (QED) is 0.557. The molecule has 0 bridgehead atoms. The molecule has 0 spiro atoms. The third-order valence-electron chi connectivity index (χ3n) is 5.66. The number of nitrogens with zero attached hydrogens (tertiary/aromatic N) is 4. The summed E-state index contributed by atoms with van der Waals surface area (Å²) in [5.74, 6) is 0.811. The predicted octanol–water partition coefficient (Wildman–Crippen LogP) is 3.52. The van der Waals surface area contributed by atoms with Crippen molar-refractivity contribution < 1.29 is 9.53 Å². The van der Waals surface area contributed by atoms with E-state index in [4.69, 9.17) is 4.74 Å². The molecule has 8 heteroatoms. The zero-order valence-corrected chi connectivity index (χ0v) is 18.9. The number of nitrogens with one attached hydrogen (secondary N) is 1. The Morgan fingerprint density at radius 3 is 2.59 bits per heavy atom. The van der Waals surface area contributed by atoms with Crippen LogP contribution >= 0.6 is 11.8 Å². The molecule has 3 aromatic rings. The first-order valence-corrected chi connectivity index (χ1v) is 11.9. The molecule has 1 aromatic heterocycles. The summed E-state index contributed by atoms with van der Waals surface area (Å²) in [6.07, 6.45) is 2.11. The smallest absolute Gasteiger partial charge is 0.238 e. The maximum absolute atomic E-state index is 13.2. The van der Waals surface area contributed by atoms with E-state index in [2.05, 4.69) is 50.1 Å². The highest BCUT2D eigenvalue weighted by Crippen LogP contribution is 2.38. The number of benzene rings is 2. The second-order valence-electron chi connectivity index (χ2n) is 8.25. The molecular weight excluding hydrogens is 422 g/mol. The fraction of sp³-hybridized carbons (Fsp3) is 0.375. The number of carbonyl (C=O) groups excluding carboxylic acids is 1. The molecule has 7 nitrogen and oxygen atoms in total. The maximum atomic E-state index is 13.2. The van der Waals surface area contributed by atoms with Crippen LogP contribution in [0.25, 0.3) is 5.69 Å². The van der Waals surface area contributed by atoms with Crippen LogP contribution in [0.4, 0.5) is 5.95 Å². The number of aryl methyl sites for hydroxylation is 1. The van der Waals surface area contributed by atoms with Gasteiger partial charge in [-0.05, 0) is 43.0 Å². The first-order chi connectivity index (χ1) is 15.7. The van der Waals surface area contributed by atoms with Gasteiger partial charge in [-0.3, -0.25) is 9.36 Å². The third kappa shape index (κ3) is 4.66. The lowest BCUT2D eigenvalue weighted by molar-refractivity contribution is -0.120. The van der Waals surface area contributed by atoms with Gasteiger partial charge in [-0.2, -0.15) is 0 Å². The van der Waals surface area contributed by atoms with Gasteiger partial charge in [-0.15, -0.1) is 10.2 Å². The number of anilines is 1. The van der Waals surface area contributed by atoms with E-state index in [9.17, 15) is 4.79 Å². The fourth-order valence-electron chi connectivity index (χ4n) is 3.81. The zero-order valence-electron chi connectivity index (χ0n) is 18.1. The first kappa shape index (κ1) is 21.0. The van der Waals surface area contributed by atoms with E-state index in [0.717, 1.165) is 48.7 Å². The standard InChI is InChI=1S/C24H27N5O2S/c1-17-6-5-9-20(16-17)29-23(28-12-14-31-15-13-28)26-27-24(29)32-21(18-7-3-2-4-8-18)22(30)25-19-10-11-19/h2-9,16,19,21H,10-15H2,1H3,(H,25,30). The van der Waals surface area contributed by atoms with Crippen LogP contribution in [0.3, 0.4) is 0 Å². The highest BCUT2D eigenvalue weighted by molar-refractivity contribution is 8.00. The Morgan fingerprint density at radius 1 is 1.09 bits per heavy atom. The van der Waals surface area contributed by atoms with Crippen molar-refractivity contribution in [2.75, 3.05) is 31.2 Å². The van der Waals surface area contributed by atoms with Gasteiger partial charge in [0.25, 0.3) is 0 Å². The van der Waals surface area contributed by atoms with Crippen molar-refractivity contribution in [3.63, 3.8) is 0 Å². The summed E-state index contributed by atoms with van der Waals surface area (Å²) < 4.78 is 7.60. The van der Waals surface area contributed by atoms with Gasteiger partial charge >= 0.3 is 0 Å². The normalized spacial score (nSPS) is 17.2. The molecule has 1 unspecified atom stereocenters. The second kappa shape index (κ2) is 9.34. The minimum Gasteiger partial charge on any atom is -0.378 e. The lowest BCUT2D eigenvalue weighted by Crippen LogP contribution is -2.38. The molecule has 1 saturated carbocycles. The topological polar surface area (TPSA) is 72.3 Å². The molecule has 166 valence electrons. The second-order valence-corrected chi connectivity index (χ2v) is 9.32. The van der Waals surface area contributed by atoms with Gasteiger partial charge in [-0.25, -0.2) is 0 Å². The van der Waals surface area contributed by atoms with E-state index in [1.165, 1.54) is 11.8 Å². The molecule has 2 aromatic carbocycles. The average molecular weight is 450 g/mol. The van der Waals surface area contributed by atoms with Gasteiger partial charge in [0.2, 0.25) is 11.9 Å². The number of ether oxygens (including phenoxy) is 1. The summed E-state index contributed by atoms with van der Waals surface area (Å²) in [5.41, 5.74) is 3.11. The maximum Gasteiger partial charge on any atom is 0.238 e. The molecule has 2 aliphatic rings. The lowest BCUT2D eigenvalue weighted by Gasteiger charge is -2.28. The van der Waals surface area contributed by atoms with Crippen LogP contribution in [0.5, 0.6) is 0 Å². The molecule has 1 aliphatic heterocycles. The van der Waals surface area contributed by atoms with Crippen LogP contribution in [-0.4, -0.2) is 53.0 Å². The zero-order chi connectivity index (χ0) is 21.9. The molecule has 1 amide bonds. The summed E-state index contributed by atoms with van der Waals surface area (Å²) in [4.78, 5) is 15.4. The van der Waals surface area contributed by atoms with Crippen LogP contribution in [0.2, 0.25) is 0 Å². The van der Waals surface area contributed by atoms with E-state index in [1.54, 1.807) is 0 Å². The Morgan fingerprint density at radius 2 is 1.88 bits per heavy atom. The molecule has 1 aliphatic carbocycles. The van der Waals surface area contributed by atoms with Crippen LogP contribution in [-0.2, 0) is 9.53 Å². The van der Waals surface area contributed by atoms with Gasteiger partial charge in [0.05, 0.1) is 18.9 Å². The number of morpholine rings is 1. The fourth-order valence-corrected chi connectivity index (χ4v) is 4.87. The van der Waals surface area contributed by atoms with Gasteiger partial charge in [-0.1, -0.05) is 54.2 Å². The molecule has 32 heavy (non-hydrogen) atoms. The molecule has 5 rings (SSSR count). The third-order valence-corrected chi connectivity index (χ3v) is 6.85. The Labute approximate surface area is 192 Å². The Bertz CT molecular complexity index is 1080. The number of amides is 1. The van der Waals surface area contributed by atoms with Gasteiger partial charge in [0.1, 0.15) is 5.25 Å². The van der Waals surface area contributed by atoms with Gasteiger partial charge in [0.15, 0.2) is 5.16 Å². The van der Waals surface area contributed by atoms with Crippen molar-refractivity contribution in [2.45, 2.75) is 36.2 Å².